The second-order valence-corrected chi connectivity index (χ2v) is 5.70. The Labute approximate surface area is 132 Å². The van der Waals surface area contributed by atoms with E-state index in [1.807, 2.05) is 66.7 Å². The molecule has 0 saturated carbocycles. The Hall–Kier alpha value is -2.19. The van der Waals surface area contributed by atoms with Crippen molar-refractivity contribution in [1.82, 2.24) is 0 Å². The van der Waals surface area contributed by atoms with Crippen molar-refractivity contribution in [2.24, 2.45) is 0 Å². The Morgan fingerprint density at radius 2 is 1.10 bits per heavy atom. The van der Waals surface area contributed by atoms with E-state index in [9.17, 15) is 4.79 Å². The van der Waals surface area contributed by atoms with Gasteiger partial charge >= 0.3 is 0 Å². The van der Waals surface area contributed by atoms with Gasteiger partial charge in [0.15, 0.2) is 5.78 Å². The van der Waals surface area contributed by atoms with Crippen LogP contribution in [0.25, 0.3) is 11.1 Å². The van der Waals surface area contributed by atoms with Gasteiger partial charge in [-0.15, -0.1) is 0 Å². The quantitative estimate of drug-likeness (QED) is 0.589. The Bertz CT molecular complexity index is 744. The highest BCUT2D eigenvalue weighted by Gasteiger charge is 2.08. The second-order valence-electron chi connectivity index (χ2n) is 4.78. The molecule has 0 heterocycles. The van der Waals surface area contributed by atoms with Gasteiger partial charge in [-0.3, -0.25) is 4.79 Å². The Morgan fingerprint density at radius 1 is 0.619 bits per heavy atom. The molecule has 0 aliphatic carbocycles. The molecule has 0 aliphatic heterocycles. The SMILES string of the molecule is O=C(c1ccc(Br)cc1)c1ccc(-c2ccccc2)cc1. The number of halogens is 1. The van der Waals surface area contributed by atoms with Gasteiger partial charge in [0, 0.05) is 15.6 Å². The Balaban J connectivity index is 1.87. The van der Waals surface area contributed by atoms with E-state index in [0.29, 0.717) is 11.1 Å². The maximum absolute atomic E-state index is 12.4. The van der Waals surface area contributed by atoms with Crippen molar-refractivity contribution in [2.75, 3.05) is 0 Å². The zero-order chi connectivity index (χ0) is 14.7. The molecule has 0 unspecified atom stereocenters. The first-order valence-electron chi connectivity index (χ1n) is 6.70. The molecule has 21 heavy (non-hydrogen) atoms. The predicted octanol–water partition coefficient (Wildman–Crippen LogP) is 5.35. The first-order valence-corrected chi connectivity index (χ1v) is 7.49. The lowest BCUT2D eigenvalue weighted by Gasteiger charge is -2.04. The second kappa shape index (κ2) is 6.06. The number of carbonyl (C=O) groups excluding carboxylic acids is 1. The fourth-order valence-corrected chi connectivity index (χ4v) is 2.48. The van der Waals surface area contributed by atoms with Crippen molar-refractivity contribution in [3.8, 4) is 11.1 Å². The van der Waals surface area contributed by atoms with Gasteiger partial charge in [-0.25, -0.2) is 0 Å². The van der Waals surface area contributed by atoms with E-state index in [2.05, 4.69) is 28.1 Å². The average Bonchev–Trinajstić information content (AvgIpc) is 2.56. The molecule has 0 aromatic heterocycles. The molecule has 0 bridgehead atoms. The molecule has 0 atom stereocenters. The summed E-state index contributed by atoms with van der Waals surface area (Å²) >= 11 is 3.37. The minimum atomic E-state index is 0.0436. The fourth-order valence-electron chi connectivity index (χ4n) is 2.21. The van der Waals surface area contributed by atoms with Crippen molar-refractivity contribution in [3.05, 3.63) is 94.5 Å². The summed E-state index contributed by atoms with van der Waals surface area (Å²) < 4.78 is 0.971. The van der Waals surface area contributed by atoms with Gasteiger partial charge in [0.25, 0.3) is 0 Å². The molecular weight excluding hydrogens is 324 g/mol. The lowest BCUT2D eigenvalue weighted by molar-refractivity contribution is 0.103. The maximum Gasteiger partial charge on any atom is 0.193 e. The van der Waals surface area contributed by atoms with Gasteiger partial charge < -0.3 is 0 Å². The molecule has 3 aromatic rings. The first kappa shape index (κ1) is 13.8. The third-order valence-corrected chi connectivity index (χ3v) is 3.89. The molecule has 0 amide bonds. The maximum atomic E-state index is 12.4. The minimum Gasteiger partial charge on any atom is -0.289 e. The lowest BCUT2D eigenvalue weighted by atomic mass is 9.99. The van der Waals surface area contributed by atoms with Gasteiger partial charge in [-0.1, -0.05) is 70.5 Å². The third kappa shape index (κ3) is 3.11. The van der Waals surface area contributed by atoms with Crippen LogP contribution in [0, 0.1) is 0 Å². The molecular formula is C19H13BrO. The van der Waals surface area contributed by atoms with Crippen molar-refractivity contribution < 1.29 is 4.79 Å². The summed E-state index contributed by atoms with van der Waals surface area (Å²) in [6.45, 7) is 0. The monoisotopic (exact) mass is 336 g/mol. The third-order valence-electron chi connectivity index (χ3n) is 3.36. The molecule has 0 radical (unpaired) electrons. The van der Waals surface area contributed by atoms with Crippen molar-refractivity contribution >= 4 is 21.7 Å². The summed E-state index contributed by atoms with van der Waals surface area (Å²) in [5, 5.41) is 0. The van der Waals surface area contributed by atoms with Crippen LogP contribution in [0.4, 0.5) is 0 Å². The highest BCUT2D eigenvalue weighted by atomic mass is 79.9. The van der Waals surface area contributed by atoms with Crippen LogP contribution in [-0.2, 0) is 0 Å². The van der Waals surface area contributed by atoms with E-state index in [1.165, 1.54) is 0 Å². The van der Waals surface area contributed by atoms with Gasteiger partial charge in [0.2, 0.25) is 0 Å². The van der Waals surface area contributed by atoms with Gasteiger partial charge in [0.05, 0.1) is 0 Å². The Morgan fingerprint density at radius 3 is 1.67 bits per heavy atom. The minimum absolute atomic E-state index is 0.0436. The summed E-state index contributed by atoms with van der Waals surface area (Å²) in [5.41, 5.74) is 3.67. The van der Waals surface area contributed by atoms with E-state index in [1.54, 1.807) is 0 Å². The lowest BCUT2D eigenvalue weighted by Crippen LogP contribution is -2.00. The van der Waals surface area contributed by atoms with Crippen LogP contribution in [0.5, 0.6) is 0 Å². The van der Waals surface area contributed by atoms with E-state index in [0.717, 1.165) is 15.6 Å². The van der Waals surface area contributed by atoms with E-state index < -0.39 is 0 Å². The van der Waals surface area contributed by atoms with Crippen LogP contribution >= 0.6 is 15.9 Å². The summed E-state index contributed by atoms with van der Waals surface area (Å²) in [7, 11) is 0. The molecule has 0 aliphatic rings. The van der Waals surface area contributed by atoms with Gasteiger partial charge in [-0.05, 0) is 35.4 Å². The number of hydrogen-bond donors (Lipinski definition) is 0. The van der Waals surface area contributed by atoms with Gasteiger partial charge in [0.1, 0.15) is 0 Å². The topological polar surface area (TPSA) is 17.1 Å². The van der Waals surface area contributed by atoms with Crippen LogP contribution in [0.2, 0.25) is 0 Å². The van der Waals surface area contributed by atoms with E-state index in [4.69, 9.17) is 0 Å². The standard InChI is InChI=1S/C19H13BrO/c20-18-12-10-17(11-13-18)19(21)16-8-6-15(7-9-16)14-4-2-1-3-5-14/h1-13H. The summed E-state index contributed by atoms with van der Waals surface area (Å²) in [4.78, 5) is 12.4. The van der Waals surface area contributed by atoms with Crippen LogP contribution < -0.4 is 0 Å². The fraction of sp³-hybridized carbons (Fsp3) is 0. The number of ketones is 1. The first-order chi connectivity index (χ1) is 10.2. The number of carbonyl (C=O) groups is 1. The molecule has 0 N–H and O–H groups in total. The van der Waals surface area contributed by atoms with E-state index in [-0.39, 0.29) is 5.78 Å². The average molecular weight is 337 g/mol. The van der Waals surface area contributed by atoms with E-state index >= 15 is 0 Å². The van der Waals surface area contributed by atoms with Crippen LogP contribution in [0.1, 0.15) is 15.9 Å². The molecule has 102 valence electrons. The zero-order valence-electron chi connectivity index (χ0n) is 11.3. The molecule has 2 heteroatoms. The highest BCUT2D eigenvalue weighted by molar-refractivity contribution is 9.10. The molecule has 0 spiro atoms. The molecule has 1 nitrogen and oxygen atoms in total. The summed E-state index contributed by atoms with van der Waals surface area (Å²) in [5.74, 6) is 0.0436. The number of benzene rings is 3. The molecule has 3 rings (SSSR count). The van der Waals surface area contributed by atoms with Crippen molar-refractivity contribution in [2.45, 2.75) is 0 Å². The van der Waals surface area contributed by atoms with Crippen molar-refractivity contribution in [1.29, 1.82) is 0 Å². The van der Waals surface area contributed by atoms with Crippen molar-refractivity contribution in [3.63, 3.8) is 0 Å². The smallest absolute Gasteiger partial charge is 0.193 e. The van der Waals surface area contributed by atoms with Crippen LogP contribution in [0.3, 0.4) is 0 Å². The number of hydrogen-bond acceptors (Lipinski definition) is 1. The summed E-state index contributed by atoms with van der Waals surface area (Å²) in [6.07, 6.45) is 0. The van der Waals surface area contributed by atoms with Crippen LogP contribution in [0.15, 0.2) is 83.3 Å². The molecule has 0 fully saturated rings. The normalized spacial score (nSPS) is 10.3. The zero-order valence-corrected chi connectivity index (χ0v) is 12.9. The van der Waals surface area contributed by atoms with Crippen LogP contribution in [-0.4, -0.2) is 5.78 Å². The Kier molecular flexibility index (Phi) is 3.98. The predicted molar refractivity (Wildman–Crippen MR) is 89.5 cm³/mol. The molecule has 0 saturated heterocycles. The molecule has 3 aromatic carbocycles. The largest absolute Gasteiger partial charge is 0.289 e. The van der Waals surface area contributed by atoms with Gasteiger partial charge in [-0.2, -0.15) is 0 Å². The summed E-state index contributed by atoms with van der Waals surface area (Å²) in [6, 6.07) is 25.3. The highest BCUT2D eigenvalue weighted by Crippen LogP contribution is 2.21. The number of rotatable bonds is 3.